The average molecular weight is 542 g/mol. The van der Waals surface area contributed by atoms with E-state index in [1.165, 1.54) is 23.5 Å². The molecule has 2 amide bonds. The van der Waals surface area contributed by atoms with E-state index in [1.54, 1.807) is 18.1 Å². The molecular formula is C28H29ClFN3O3S. The molecule has 6 nitrogen and oxygen atoms in total. The van der Waals surface area contributed by atoms with Crippen molar-refractivity contribution in [2.45, 2.75) is 12.3 Å². The number of likely N-dealkylation sites (tertiary alicyclic amines) is 2. The third kappa shape index (κ3) is 5.10. The number of hydrogen-bond donors (Lipinski definition) is 1. The van der Waals surface area contributed by atoms with Gasteiger partial charge < -0.3 is 20.3 Å². The van der Waals surface area contributed by atoms with E-state index in [0.717, 1.165) is 36.5 Å². The zero-order chi connectivity index (χ0) is 26.1. The van der Waals surface area contributed by atoms with Crippen molar-refractivity contribution < 1.29 is 18.7 Å². The Morgan fingerprint density at radius 2 is 1.78 bits per heavy atom. The number of fused-ring (bicyclic) bond motifs is 1. The lowest BCUT2D eigenvalue weighted by atomic mass is 9.91. The zero-order valence-electron chi connectivity index (χ0n) is 20.5. The maximum atomic E-state index is 14.3. The molecule has 5 rings (SSSR count). The predicted molar refractivity (Wildman–Crippen MR) is 143 cm³/mol. The van der Waals surface area contributed by atoms with Crippen LogP contribution >= 0.6 is 22.9 Å². The molecule has 2 saturated heterocycles. The molecule has 3 atom stereocenters. The summed E-state index contributed by atoms with van der Waals surface area (Å²) in [4.78, 5) is 30.4. The molecule has 9 heteroatoms. The number of amides is 2. The fourth-order valence-corrected chi connectivity index (χ4v) is 7.18. The molecule has 2 N–H and O–H groups in total. The smallest absolute Gasteiger partial charge is 0.258 e. The summed E-state index contributed by atoms with van der Waals surface area (Å²) >= 11 is 7.63. The number of rotatable bonds is 8. The van der Waals surface area contributed by atoms with E-state index in [0.29, 0.717) is 36.2 Å². The molecule has 3 heterocycles. The minimum absolute atomic E-state index is 0.0133. The van der Waals surface area contributed by atoms with E-state index < -0.39 is 11.7 Å². The lowest BCUT2D eigenvalue weighted by Gasteiger charge is -2.24. The van der Waals surface area contributed by atoms with Gasteiger partial charge in [-0.25, -0.2) is 4.39 Å². The second kappa shape index (κ2) is 10.8. The second-order valence-electron chi connectivity index (χ2n) is 9.75. The molecule has 1 aromatic heterocycles. The SMILES string of the molecule is COc1csc([C@@H](CCN2CC3CN(C(=O)c4c(F)cccc4Cl)CC3C2)c2ccccc2)c1C(N)=O. The number of benzene rings is 2. The number of primary amides is 1. The van der Waals surface area contributed by atoms with Crippen LogP contribution in [0, 0.1) is 17.7 Å². The average Bonchev–Trinajstić information content (AvgIpc) is 3.58. The predicted octanol–water partition coefficient (Wildman–Crippen LogP) is 4.87. The number of nitrogens with two attached hydrogens (primary N) is 1. The highest BCUT2D eigenvalue weighted by Gasteiger charge is 2.42. The zero-order valence-corrected chi connectivity index (χ0v) is 22.1. The van der Waals surface area contributed by atoms with Crippen LogP contribution in [0.1, 0.15) is 43.5 Å². The Labute approximate surface area is 224 Å². The first-order valence-corrected chi connectivity index (χ1v) is 13.6. The Bertz CT molecular complexity index is 1270. The van der Waals surface area contributed by atoms with Gasteiger partial charge in [-0.3, -0.25) is 9.59 Å². The third-order valence-electron chi connectivity index (χ3n) is 7.53. The minimum atomic E-state index is -0.580. The van der Waals surface area contributed by atoms with Gasteiger partial charge in [0, 0.05) is 42.4 Å². The number of carbonyl (C=O) groups excluding carboxylic acids is 2. The fourth-order valence-electron chi connectivity index (χ4n) is 5.75. The molecule has 3 aromatic rings. The molecule has 0 bridgehead atoms. The first-order valence-electron chi connectivity index (χ1n) is 12.3. The van der Waals surface area contributed by atoms with Gasteiger partial charge in [-0.2, -0.15) is 0 Å². The summed E-state index contributed by atoms with van der Waals surface area (Å²) in [5.41, 5.74) is 7.30. The number of nitrogens with zero attached hydrogens (tertiary/aromatic N) is 2. The molecule has 0 spiro atoms. The molecule has 2 aromatic carbocycles. The van der Waals surface area contributed by atoms with E-state index in [1.807, 2.05) is 23.6 Å². The number of carbonyl (C=O) groups is 2. The summed E-state index contributed by atoms with van der Waals surface area (Å²) in [6.07, 6.45) is 0.820. The van der Waals surface area contributed by atoms with Gasteiger partial charge in [-0.1, -0.05) is 48.0 Å². The Morgan fingerprint density at radius 3 is 2.41 bits per heavy atom. The van der Waals surface area contributed by atoms with Crippen molar-refractivity contribution in [3.05, 3.63) is 86.3 Å². The summed E-state index contributed by atoms with van der Waals surface area (Å²) in [6, 6.07) is 14.5. The van der Waals surface area contributed by atoms with Crippen molar-refractivity contribution in [2.75, 3.05) is 39.8 Å². The minimum Gasteiger partial charge on any atom is -0.495 e. The fraction of sp³-hybridized carbons (Fsp3) is 0.357. The van der Waals surface area contributed by atoms with E-state index in [2.05, 4.69) is 17.0 Å². The van der Waals surface area contributed by atoms with Crippen molar-refractivity contribution in [1.82, 2.24) is 9.80 Å². The van der Waals surface area contributed by atoms with Crippen LogP contribution in [0.2, 0.25) is 5.02 Å². The van der Waals surface area contributed by atoms with Gasteiger partial charge >= 0.3 is 0 Å². The van der Waals surface area contributed by atoms with Gasteiger partial charge in [0.15, 0.2) is 0 Å². The topological polar surface area (TPSA) is 75.9 Å². The number of ether oxygens (including phenoxy) is 1. The molecule has 2 unspecified atom stereocenters. The lowest BCUT2D eigenvalue weighted by Crippen LogP contribution is -2.34. The monoisotopic (exact) mass is 541 g/mol. The van der Waals surface area contributed by atoms with Crippen LogP contribution < -0.4 is 10.5 Å². The molecule has 0 saturated carbocycles. The van der Waals surface area contributed by atoms with Crippen molar-refractivity contribution in [1.29, 1.82) is 0 Å². The summed E-state index contributed by atoms with van der Waals surface area (Å²) < 4.78 is 19.7. The standard InChI is InChI=1S/C28H29ClFN3O3S/c1-36-23-16-37-26(25(23)27(31)34)20(17-6-3-2-4-7-17)10-11-32-12-18-14-33(15-19(18)13-32)28(35)24-21(29)8-5-9-22(24)30/h2-9,16,18-20H,10-15H2,1H3,(H2,31,34)/t18?,19?,20-/m0/s1. The Morgan fingerprint density at radius 1 is 1.08 bits per heavy atom. The molecule has 194 valence electrons. The maximum absolute atomic E-state index is 14.3. The molecule has 2 aliphatic heterocycles. The molecule has 37 heavy (non-hydrogen) atoms. The van der Waals surface area contributed by atoms with Crippen LogP contribution in [0.5, 0.6) is 5.75 Å². The van der Waals surface area contributed by atoms with Crippen molar-refractivity contribution in [3.8, 4) is 5.75 Å². The molecule has 0 radical (unpaired) electrons. The van der Waals surface area contributed by atoms with Crippen LogP contribution in [0.4, 0.5) is 4.39 Å². The van der Waals surface area contributed by atoms with Crippen molar-refractivity contribution in [3.63, 3.8) is 0 Å². The maximum Gasteiger partial charge on any atom is 0.258 e. The van der Waals surface area contributed by atoms with Gasteiger partial charge in [-0.05, 0) is 42.5 Å². The highest BCUT2D eigenvalue weighted by Crippen LogP contribution is 2.40. The summed E-state index contributed by atoms with van der Waals surface area (Å²) in [5, 5.41) is 2.00. The Kier molecular flexibility index (Phi) is 7.51. The first kappa shape index (κ1) is 25.7. The quantitative estimate of drug-likeness (QED) is 0.441. The van der Waals surface area contributed by atoms with Crippen LogP contribution in [-0.2, 0) is 0 Å². The van der Waals surface area contributed by atoms with Crippen LogP contribution in [0.3, 0.4) is 0 Å². The molecular weight excluding hydrogens is 513 g/mol. The van der Waals surface area contributed by atoms with Crippen molar-refractivity contribution >= 4 is 34.8 Å². The molecule has 2 fully saturated rings. The van der Waals surface area contributed by atoms with Gasteiger partial charge in [0.2, 0.25) is 0 Å². The summed E-state index contributed by atoms with van der Waals surface area (Å²) in [6.45, 7) is 3.79. The van der Waals surface area contributed by atoms with Crippen LogP contribution in [0.15, 0.2) is 53.9 Å². The largest absolute Gasteiger partial charge is 0.495 e. The molecule has 0 aliphatic carbocycles. The highest BCUT2D eigenvalue weighted by atomic mass is 35.5. The Balaban J connectivity index is 1.26. The van der Waals surface area contributed by atoms with E-state index in [9.17, 15) is 14.0 Å². The van der Waals surface area contributed by atoms with Gasteiger partial charge in [0.25, 0.3) is 11.8 Å². The van der Waals surface area contributed by atoms with Gasteiger partial charge in [-0.15, -0.1) is 11.3 Å². The number of halogens is 2. The second-order valence-corrected chi connectivity index (χ2v) is 11.1. The van der Waals surface area contributed by atoms with E-state index >= 15 is 0 Å². The van der Waals surface area contributed by atoms with Crippen LogP contribution in [-0.4, -0.2) is 61.4 Å². The number of methoxy groups -OCH3 is 1. The lowest BCUT2D eigenvalue weighted by molar-refractivity contribution is 0.0769. The molecule has 2 aliphatic rings. The number of hydrogen-bond acceptors (Lipinski definition) is 5. The van der Waals surface area contributed by atoms with E-state index in [4.69, 9.17) is 22.1 Å². The highest BCUT2D eigenvalue weighted by molar-refractivity contribution is 7.10. The Hall–Kier alpha value is -2.94. The normalized spacial score (nSPS) is 20.1. The number of thiophene rings is 1. The summed E-state index contributed by atoms with van der Waals surface area (Å²) in [5.74, 6) is -0.185. The third-order valence-corrected chi connectivity index (χ3v) is 8.92. The van der Waals surface area contributed by atoms with Gasteiger partial charge in [0.1, 0.15) is 11.6 Å². The van der Waals surface area contributed by atoms with Crippen LogP contribution in [0.25, 0.3) is 0 Å². The van der Waals surface area contributed by atoms with Crippen molar-refractivity contribution in [2.24, 2.45) is 17.6 Å². The van der Waals surface area contributed by atoms with E-state index in [-0.39, 0.29) is 22.4 Å². The first-order chi connectivity index (χ1) is 17.9. The summed E-state index contributed by atoms with van der Waals surface area (Å²) in [7, 11) is 1.55. The van der Waals surface area contributed by atoms with Gasteiger partial charge in [0.05, 0.1) is 23.3 Å².